The molecular formula is C20H28N6O4S3. The second-order valence-electron chi connectivity index (χ2n) is 7.84. The van der Waals surface area contributed by atoms with Gasteiger partial charge in [-0.25, -0.2) is 8.42 Å². The van der Waals surface area contributed by atoms with E-state index in [9.17, 15) is 13.5 Å². The van der Waals surface area contributed by atoms with E-state index in [1.807, 2.05) is 19.9 Å². The van der Waals surface area contributed by atoms with Crippen LogP contribution in [0.1, 0.15) is 37.6 Å². The summed E-state index contributed by atoms with van der Waals surface area (Å²) in [4.78, 5) is 2.20. The van der Waals surface area contributed by atoms with Crippen molar-refractivity contribution in [3.8, 4) is 5.75 Å². The lowest BCUT2D eigenvalue weighted by molar-refractivity contribution is 0.196. The molecule has 0 bridgehead atoms. The molecule has 0 spiro atoms. The van der Waals surface area contributed by atoms with E-state index in [0.717, 1.165) is 47.4 Å². The molecule has 0 unspecified atom stereocenters. The van der Waals surface area contributed by atoms with Crippen LogP contribution in [0.4, 0.5) is 17.3 Å². The van der Waals surface area contributed by atoms with Crippen molar-refractivity contribution in [2.24, 2.45) is 0 Å². The van der Waals surface area contributed by atoms with Crippen molar-refractivity contribution >= 4 is 50.4 Å². The van der Waals surface area contributed by atoms with Crippen LogP contribution >= 0.6 is 23.1 Å². The van der Waals surface area contributed by atoms with Crippen LogP contribution in [0.2, 0.25) is 0 Å². The summed E-state index contributed by atoms with van der Waals surface area (Å²) in [7, 11) is -3.78. The predicted molar refractivity (Wildman–Crippen MR) is 130 cm³/mol. The average molecular weight is 513 g/mol. The zero-order chi connectivity index (χ0) is 23.6. The Morgan fingerprint density at radius 1 is 1.21 bits per heavy atom. The lowest BCUT2D eigenvalue weighted by atomic mass is 10.1. The summed E-state index contributed by atoms with van der Waals surface area (Å²) in [6, 6.07) is 1.87. The van der Waals surface area contributed by atoms with Gasteiger partial charge in [0.2, 0.25) is 0 Å². The van der Waals surface area contributed by atoms with E-state index in [-0.39, 0.29) is 21.7 Å². The van der Waals surface area contributed by atoms with Crippen LogP contribution in [0.5, 0.6) is 5.75 Å². The quantitative estimate of drug-likeness (QED) is 0.392. The standard InChI is InChI=1S/C20H28N6O4S3/c1-4-14(16-10-13(3)11-30-16)21-18-19(24-32-23-18)22-15-12-31-20(17(15)27)33(28,29)26-8-6-25(5-2)7-9-26/h10-12,14,27H,4-9H2,1-3H3,(H,21,23)(H,22,24)/t14-/m1/s1. The minimum absolute atomic E-state index is 0.0647. The summed E-state index contributed by atoms with van der Waals surface area (Å²) in [5, 5.41) is 18.7. The van der Waals surface area contributed by atoms with E-state index < -0.39 is 10.0 Å². The minimum atomic E-state index is -3.78. The molecule has 1 aliphatic rings. The lowest BCUT2D eigenvalue weighted by Gasteiger charge is -2.32. The highest BCUT2D eigenvalue weighted by Crippen LogP contribution is 2.41. The van der Waals surface area contributed by atoms with Gasteiger partial charge in [0, 0.05) is 31.6 Å². The third-order valence-electron chi connectivity index (χ3n) is 5.64. The number of hydrogen-bond donors (Lipinski definition) is 3. The first-order chi connectivity index (χ1) is 15.8. The Morgan fingerprint density at radius 3 is 2.58 bits per heavy atom. The highest BCUT2D eigenvalue weighted by atomic mass is 32.2. The molecule has 0 radical (unpaired) electrons. The molecule has 0 saturated carbocycles. The number of rotatable bonds is 9. The van der Waals surface area contributed by atoms with Crippen LogP contribution in [0, 0.1) is 6.92 Å². The Kier molecular flexibility index (Phi) is 7.24. The van der Waals surface area contributed by atoms with Gasteiger partial charge in [-0.15, -0.1) is 11.3 Å². The number of hydrogen-bond acceptors (Lipinski definition) is 11. The zero-order valence-electron chi connectivity index (χ0n) is 18.7. The van der Waals surface area contributed by atoms with Crippen LogP contribution in [-0.2, 0) is 10.0 Å². The number of nitrogens with one attached hydrogen (secondary N) is 2. The molecular weight excluding hydrogens is 484 g/mol. The molecule has 1 atom stereocenters. The number of piperazine rings is 1. The monoisotopic (exact) mass is 512 g/mol. The summed E-state index contributed by atoms with van der Waals surface area (Å²) >= 11 is 2.01. The first-order valence-electron chi connectivity index (χ1n) is 10.8. The van der Waals surface area contributed by atoms with Crippen LogP contribution < -0.4 is 10.6 Å². The third-order valence-corrected chi connectivity index (χ3v) is 9.56. The fourth-order valence-corrected chi connectivity index (χ4v) is 6.95. The molecule has 13 heteroatoms. The number of anilines is 3. The molecule has 4 heterocycles. The molecule has 1 saturated heterocycles. The number of thiophene rings is 1. The van der Waals surface area contributed by atoms with Crippen molar-refractivity contribution in [1.82, 2.24) is 18.0 Å². The molecule has 4 rings (SSSR count). The van der Waals surface area contributed by atoms with Gasteiger partial charge in [0.05, 0.1) is 29.7 Å². The van der Waals surface area contributed by atoms with Gasteiger partial charge < -0.3 is 25.1 Å². The van der Waals surface area contributed by atoms with E-state index in [1.165, 1.54) is 4.31 Å². The number of aromatic nitrogens is 2. The first-order valence-corrected chi connectivity index (χ1v) is 13.8. The molecule has 180 valence electrons. The number of furan rings is 1. The van der Waals surface area contributed by atoms with E-state index >= 15 is 0 Å². The van der Waals surface area contributed by atoms with Gasteiger partial charge in [0.1, 0.15) is 5.76 Å². The topological polar surface area (TPSA) is 124 Å². The Labute approximate surface area is 201 Å². The average Bonchev–Trinajstić information content (AvgIpc) is 3.53. The zero-order valence-corrected chi connectivity index (χ0v) is 21.2. The highest BCUT2D eigenvalue weighted by Gasteiger charge is 2.33. The van der Waals surface area contributed by atoms with E-state index in [2.05, 4.69) is 31.2 Å². The van der Waals surface area contributed by atoms with Crippen molar-refractivity contribution in [1.29, 1.82) is 0 Å². The minimum Gasteiger partial charge on any atom is -0.504 e. The SMILES string of the molecule is CC[C@@H](Nc1nsnc1Nc1csc(S(=O)(=O)N2CCN(CC)CC2)c1O)c1cc(C)co1. The number of sulfonamides is 1. The van der Waals surface area contributed by atoms with E-state index in [4.69, 9.17) is 4.42 Å². The molecule has 10 nitrogen and oxygen atoms in total. The van der Waals surface area contributed by atoms with Crippen molar-refractivity contribution in [3.05, 3.63) is 29.0 Å². The molecule has 3 aromatic rings. The Hall–Kier alpha value is -2.19. The summed E-state index contributed by atoms with van der Waals surface area (Å²) < 4.78 is 41.8. The summed E-state index contributed by atoms with van der Waals surface area (Å²) in [6.07, 6.45) is 2.47. The van der Waals surface area contributed by atoms with Gasteiger partial charge >= 0.3 is 0 Å². The Balaban J connectivity index is 1.50. The molecule has 1 aliphatic heterocycles. The summed E-state index contributed by atoms with van der Waals surface area (Å²) in [6.45, 7) is 9.12. The maximum Gasteiger partial charge on any atom is 0.256 e. The van der Waals surface area contributed by atoms with Crippen LogP contribution in [0.3, 0.4) is 0 Å². The Bertz CT molecular complexity index is 1180. The number of nitrogens with zero attached hydrogens (tertiary/aromatic N) is 4. The van der Waals surface area contributed by atoms with Gasteiger partial charge in [0.15, 0.2) is 21.6 Å². The number of likely N-dealkylation sites (N-methyl/N-ethyl adjacent to an activating group) is 1. The van der Waals surface area contributed by atoms with Crippen molar-refractivity contribution in [3.63, 3.8) is 0 Å². The lowest BCUT2D eigenvalue weighted by Crippen LogP contribution is -2.48. The van der Waals surface area contributed by atoms with Gasteiger partial charge in [-0.2, -0.15) is 13.1 Å². The van der Waals surface area contributed by atoms with Crippen LogP contribution in [-0.4, -0.2) is 64.2 Å². The molecule has 0 amide bonds. The van der Waals surface area contributed by atoms with Gasteiger partial charge in [-0.1, -0.05) is 13.8 Å². The second-order valence-corrected chi connectivity index (χ2v) is 11.4. The maximum atomic E-state index is 13.1. The van der Waals surface area contributed by atoms with Gasteiger partial charge in [0.25, 0.3) is 10.0 Å². The summed E-state index contributed by atoms with van der Waals surface area (Å²) in [5.74, 6) is 1.41. The van der Waals surface area contributed by atoms with Crippen LogP contribution in [0.25, 0.3) is 0 Å². The molecule has 1 fully saturated rings. The molecule has 3 N–H and O–H groups in total. The van der Waals surface area contributed by atoms with E-state index in [0.29, 0.717) is 37.8 Å². The van der Waals surface area contributed by atoms with Crippen LogP contribution in [0.15, 0.2) is 26.3 Å². The fraction of sp³-hybridized carbons (Fsp3) is 0.500. The largest absolute Gasteiger partial charge is 0.504 e. The molecule has 33 heavy (non-hydrogen) atoms. The third kappa shape index (κ3) is 5.01. The normalized spacial score (nSPS) is 16.7. The van der Waals surface area contributed by atoms with Crippen molar-refractivity contribution < 1.29 is 17.9 Å². The molecule has 3 aromatic heterocycles. The van der Waals surface area contributed by atoms with Gasteiger partial charge in [-0.05, 0) is 31.5 Å². The van der Waals surface area contributed by atoms with Crippen molar-refractivity contribution in [2.45, 2.75) is 37.4 Å². The molecule has 0 aliphatic carbocycles. The van der Waals surface area contributed by atoms with Gasteiger partial charge in [-0.3, -0.25) is 0 Å². The highest BCUT2D eigenvalue weighted by molar-refractivity contribution is 7.91. The number of aryl methyl sites for hydroxylation is 1. The maximum absolute atomic E-state index is 13.1. The first kappa shape index (κ1) is 24.0. The fourth-order valence-electron chi connectivity index (χ4n) is 3.68. The van der Waals surface area contributed by atoms with Crippen molar-refractivity contribution in [2.75, 3.05) is 43.4 Å². The predicted octanol–water partition coefficient (Wildman–Crippen LogP) is 3.84. The Morgan fingerprint density at radius 2 is 1.94 bits per heavy atom. The summed E-state index contributed by atoms with van der Waals surface area (Å²) in [5.41, 5.74) is 1.32. The molecule has 0 aromatic carbocycles. The van der Waals surface area contributed by atoms with E-state index in [1.54, 1.807) is 11.6 Å². The second kappa shape index (κ2) is 9.97. The number of aromatic hydroxyl groups is 1. The smallest absolute Gasteiger partial charge is 0.256 e.